The second-order valence-corrected chi connectivity index (χ2v) is 6.00. The second kappa shape index (κ2) is 4.23. The molecular weight excluding hydrogens is 240 g/mol. The van der Waals surface area contributed by atoms with Gasteiger partial charge in [-0.2, -0.15) is 5.10 Å². The molecule has 0 saturated heterocycles. The van der Waals surface area contributed by atoms with Gasteiger partial charge in [0.1, 0.15) is 5.69 Å². The van der Waals surface area contributed by atoms with E-state index < -0.39 is 0 Å². The predicted molar refractivity (Wildman–Crippen MR) is 74.2 cm³/mol. The Kier molecular flexibility index (Phi) is 2.78. The van der Waals surface area contributed by atoms with E-state index in [0.29, 0.717) is 17.2 Å². The zero-order valence-electron chi connectivity index (χ0n) is 11.5. The highest BCUT2D eigenvalue weighted by Crippen LogP contribution is 2.72. The number of nitrogens with zero attached hydrogens (tertiary/aromatic N) is 2. The number of rotatable bonds is 5. The number of hydrogen-bond donors (Lipinski definition) is 4. The molecule has 6 nitrogen and oxygen atoms in total. The Labute approximate surface area is 113 Å². The van der Waals surface area contributed by atoms with Crippen LogP contribution in [0.25, 0.3) is 0 Å². The lowest BCUT2D eigenvalue weighted by molar-refractivity contribution is 0.475. The first-order chi connectivity index (χ1) is 9.13. The molecule has 0 unspecified atom stereocenters. The molecule has 1 aromatic rings. The lowest BCUT2D eigenvalue weighted by Gasteiger charge is -2.09. The maximum absolute atomic E-state index is 5.87. The molecule has 0 aromatic carbocycles. The third-order valence-electron chi connectivity index (χ3n) is 4.91. The van der Waals surface area contributed by atoms with Crippen LogP contribution in [-0.2, 0) is 6.42 Å². The highest BCUT2D eigenvalue weighted by Gasteiger charge is 2.66. The molecular formula is C13H22N6. The minimum atomic E-state index is 0.356. The molecule has 1 aromatic heterocycles. The molecule has 0 amide bonds. The Hall–Kier alpha value is -1.56. The number of H-pyrrole nitrogens is 1. The lowest BCUT2D eigenvalue weighted by atomic mass is 9.95. The topological polar surface area (TPSA) is 105 Å². The van der Waals surface area contributed by atoms with Gasteiger partial charge in [-0.1, -0.05) is 26.7 Å². The van der Waals surface area contributed by atoms with Gasteiger partial charge in [0, 0.05) is 17.2 Å². The van der Waals surface area contributed by atoms with Crippen LogP contribution in [0.2, 0.25) is 0 Å². The number of aromatic amines is 1. The minimum absolute atomic E-state index is 0.356. The van der Waals surface area contributed by atoms with Crippen molar-refractivity contribution in [2.45, 2.75) is 45.4 Å². The van der Waals surface area contributed by atoms with Gasteiger partial charge in [-0.05, 0) is 24.2 Å². The van der Waals surface area contributed by atoms with E-state index in [9.17, 15) is 0 Å². The summed E-state index contributed by atoms with van der Waals surface area (Å²) in [5.74, 6) is 6.96. The fourth-order valence-corrected chi connectivity index (χ4v) is 3.88. The fraction of sp³-hybridized carbons (Fsp3) is 0.692. The van der Waals surface area contributed by atoms with E-state index in [4.69, 9.17) is 11.6 Å². The van der Waals surface area contributed by atoms with Gasteiger partial charge in [-0.25, -0.2) is 11.4 Å². The van der Waals surface area contributed by atoms with Crippen molar-refractivity contribution >= 4 is 5.84 Å². The SMILES string of the molecule is CCCC[C@@H]1[C@H]2c3[nH]nc(/C(N)=N/NN)c3C[C@@]12C. The van der Waals surface area contributed by atoms with Gasteiger partial charge in [0.25, 0.3) is 0 Å². The summed E-state index contributed by atoms with van der Waals surface area (Å²) >= 11 is 0. The number of nitrogens with one attached hydrogen (secondary N) is 2. The van der Waals surface area contributed by atoms with Crippen molar-refractivity contribution in [3.8, 4) is 0 Å². The van der Waals surface area contributed by atoms with Gasteiger partial charge in [0.05, 0.1) is 0 Å². The van der Waals surface area contributed by atoms with E-state index in [1.54, 1.807) is 0 Å². The predicted octanol–water partition coefficient (Wildman–Crippen LogP) is 0.959. The van der Waals surface area contributed by atoms with Crippen LogP contribution in [0, 0.1) is 11.3 Å². The molecule has 6 N–H and O–H groups in total. The summed E-state index contributed by atoms with van der Waals surface area (Å²) in [5.41, 5.74) is 11.8. The van der Waals surface area contributed by atoms with Crippen LogP contribution in [-0.4, -0.2) is 16.0 Å². The molecule has 1 saturated carbocycles. The zero-order valence-corrected chi connectivity index (χ0v) is 11.5. The van der Waals surface area contributed by atoms with Crippen LogP contribution >= 0.6 is 0 Å². The molecule has 0 spiro atoms. The summed E-state index contributed by atoms with van der Waals surface area (Å²) < 4.78 is 0. The van der Waals surface area contributed by atoms with E-state index in [1.807, 2.05) is 0 Å². The quantitative estimate of drug-likeness (QED) is 0.274. The number of amidine groups is 1. The first-order valence-electron chi connectivity index (χ1n) is 6.99. The average molecular weight is 262 g/mol. The average Bonchev–Trinajstić information content (AvgIpc) is 2.70. The van der Waals surface area contributed by atoms with Crippen molar-refractivity contribution in [3.05, 3.63) is 17.0 Å². The maximum atomic E-state index is 5.87. The number of hydrazone groups is 1. The zero-order chi connectivity index (χ0) is 13.6. The summed E-state index contributed by atoms with van der Waals surface area (Å²) in [6.45, 7) is 4.63. The summed E-state index contributed by atoms with van der Waals surface area (Å²) in [6, 6.07) is 0. The minimum Gasteiger partial charge on any atom is -0.380 e. The van der Waals surface area contributed by atoms with Gasteiger partial charge in [0.15, 0.2) is 5.84 Å². The van der Waals surface area contributed by atoms with Crippen molar-refractivity contribution < 1.29 is 0 Å². The largest absolute Gasteiger partial charge is 0.380 e. The summed E-state index contributed by atoms with van der Waals surface area (Å²) in [5, 5.41) is 11.3. The van der Waals surface area contributed by atoms with Crippen molar-refractivity contribution in [2.24, 2.45) is 28.0 Å². The third-order valence-corrected chi connectivity index (χ3v) is 4.91. The monoisotopic (exact) mass is 262 g/mol. The molecule has 6 heteroatoms. The van der Waals surface area contributed by atoms with Crippen molar-refractivity contribution in [2.75, 3.05) is 0 Å². The maximum Gasteiger partial charge on any atom is 0.172 e. The molecule has 2 aliphatic carbocycles. The van der Waals surface area contributed by atoms with Crippen LogP contribution in [0.4, 0.5) is 0 Å². The number of aromatic nitrogens is 2. The lowest BCUT2D eigenvalue weighted by Crippen LogP contribution is -2.24. The number of nitrogens with two attached hydrogens (primary N) is 2. The Morgan fingerprint density at radius 3 is 3.11 bits per heavy atom. The van der Waals surface area contributed by atoms with E-state index >= 15 is 0 Å². The highest BCUT2D eigenvalue weighted by atomic mass is 15.5. The van der Waals surface area contributed by atoms with Crippen molar-refractivity contribution in [1.29, 1.82) is 0 Å². The van der Waals surface area contributed by atoms with Gasteiger partial charge in [-0.15, -0.1) is 5.10 Å². The van der Waals surface area contributed by atoms with Gasteiger partial charge < -0.3 is 5.73 Å². The first-order valence-corrected chi connectivity index (χ1v) is 6.99. The molecule has 0 bridgehead atoms. The van der Waals surface area contributed by atoms with Crippen LogP contribution < -0.4 is 17.1 Å². The summed E-state index contributed by atoms with van der Waals surface area (Å²) in [7, 11) is 0. The first kappa shape index (κ1) is 12.5. The number of hydrazine groups is 1. The normalized spacial score (nSPS) is 32.1. The highest BCUT2D eigenvalue weighted by molar-refractivity contribution is 5.97. The molecule has 0 radical (unpaired) electrons. The third kappa shape index (κ3) is 1.66. The summed E-state index contributed by atoms with van der Waals surface area (Å²) in [6.07, 6.45) is 4.95. The Morgan fingerprint density at radius 2 is 2.42 bits per heavy atom. The van der Waals surface area contributed by atoms with Gasteiger partial charge >= 0.3 is 0 Å². The number of hydrogen-bond acceptors (Lipinski definition) is 4. The van der Waals surface area contributed by atoms with Crippen molar-refractivity contribution in [1.82, 2.24) is 15.7 Å². The molecule has 1 heterocycles. The second-order valence-electron chi connectivity index (χ2n) is 6.00. The number of unbranched alkanes of at least 4 members (excludes halogenated alkanes) is 1. The Morgan fingerprint density at radius 1 is 1.63 bits per heavy atom. The standard InChI is InChI=1S/C13H22N6/c1-3-4-5-8-9-10-7(6-13(8,9)2)11(17-16-10)12(14)18-19-15/h8-9,19H,3-6,15H2,1-2H3,(H2,14,18)(H,16,17)/t8-,9+,13+/m1/s1. The fourth-order valence-electron chi connectivity index (χ4n) is 3.88. The molecule has 1 fully saturated rings. The Balaban J connectivity index is 1.83. The van der Waals surface area contributed by atoms with Crippen LogP contribution in [0.5, 0.6) is 0 Å². The smallest absolute Gasteiger partial charge is 0.172 e. The van der Waals surface area contributed by atoms with Crippen LogP contribution in [0.1, 0.15) is 56.0 Å². The molecule has 2 aliphatic rings. The molecule has 3 atom stereocenters. The molecule has 104 valence electrons. The van der Waals surface area contributed by atoms with E-state index in [2.05, 4.69) is 34.7 Å². The molecule has 0 aliphatic heterocycles. The van der Waals surface area contributed by atoms with Gasteiger partial charge in [0.2, 0.25) is 0 Å². The summed E-state index contributed by atoms with van der Waals surface area (Å²) in [4.78, 5) is 0. The molecule has 3 rings (SSSR count). The van der Waals surface area contributed by atoms with Crippen LogP contribution in [0.15, 0.2) is 5.10 Å². The van der Waals surface area contributed by atoms with Crippen LogP contribution in [0.3, 0.4) is 0 Å². The van der Waals surface area contributed by atoms with Gasteiger partial charge in [-0.3, -0.25) is 5.10 Å². The Bertz CT molecular complexity index is 519. The molecule has 19 heavy (non-hydrogen) atoms. The number of fused-ring (bicyclic) bond motifs is 3. The van der Waals surface area contributed by atoms with E-state index in [0.717, 1.165) is 18.0 Å². The van der Waals surface area contributed by atoms with Crippen molar-refractivity contribution in [3.63, 3.8) is 0 Å². The van der Waals surface area contributed by atoms with E-state index in [1.165, 1.54) is 30.5 Å². The van der Waals surface area contributed by atoms with E-state index in [-0.39, 0.29) is 0 Å².